The van der Waals surface area contributed by atoms with Crippen LogP contribution < -0.4 is 5.73 Å². The Morgan fingerprint density at radius 2 is 1.93 bits per heavy atom. The minimum Gasteiger partial charge on any atom is -0.326 e. The van der Waals surface area contributed by atoms with Gasteiger partial charge in [0.1, 0.15) is 0 Å². The highest BCUT2D eigenvalue weighted by atomic mass is 14.5. The lowest BCUT2D eigenvalue weighted by Gasteiger charge is -2.33. The highest BCUT2D eigenvalue weighted by molar-refractivity contribution is 5.46. The number of benzene rings is 1. The average Bonchev–Trinajstić information content (AvgIpc) is 2.30. The van der Waals surface area contributed by atoms with Gasteiger partial charge in [-0.3, -0.25) is 0 Å². The van der Waals surface area contributed by atoms with E-state index in [-0.39, 0.29) is 0 Å². The topological polar surface area (TPSA) is 26.0 Å². The molecule has 0 spiro atoms. The molecule has 1 aromatic rings. The fraction of sp³-hybridized carbons (Fsp3) is 0.571. The molecule has 1 atom stereocenters. The monoisotopic (exact) mass is 201 g/mol. The Bertz CT molecular complexity index is 379. The molecule has 80 valence electrons. The van der Waals surface area contributed by atoms with Crippen molar-refractivity contribution in [2.75, 3.05) is 0 Å². The first-order valence-corrected chi connectivity index (χ1v) is 6.23. The van der Waals surface area contributed by atoms with Gasteiger partial charge in [-0.15, -0.1) is 0 Å². The van der Waals surface area contributed by atoms with Gasteiger partial charge >= 0.3 is 0 Å². The molecule has 0 aromatic heterocycles. The van der Waals surface area contributed by atoms with Gasteiger partial charge in [-0.05, 0) is 66.7 Å². The number of aryl methyl sites for hydroxylation is 1. The fourth-order valence-corrected chi connectivity index (χ4v) is 3.47. The first kappa shape index (κ1) is 9.41. The number of hydrogen-bond donors (Lipinski definition) is 1. The molecule has 15 heavy (non-hydrogen) atoms. The molecule has 1 unspecified atom stereocenters. The summed E-state index contributed by atoms with van der Waals surface area (Å²) in [6, 6.07) is 4.60. The summed E-state index contributed by atoms with van der Waals surface area (Å²) in [6.45, 7) is 0.718. The Hall–Kier alpha value is -0.820. The smallest absolute Gasteiger partial charge is 0.0180 e. The molecule has 0 radical (unpaired) electrons. The summed E-state index contributed by atoms with van der Waals surface area (Å²) >= 11 is 0. The van der Waals surface area contributed by atoms with Crippen LogP contribution in [0.3, 0.4) is 0 Å². The Morgan fingerprint density at radius 3 is 2.73 bits per heavy atom. The molecular weight excluding hydrogens is 182 g/mol. The summed E-state index contributed by atoms with van der Waals surface area (Å²) in [7, 11) is 0. The van der Waals surface area contributed by atoms with Crippen LogP contribution in [-0.4, -0.2) is 0 Å². The molecular formula is C14H19N. The molecule has 1 aromatic carbocycles. The molecule has 0 saturated carbocycles. The van der Waals surface area contributed by atoms with Crippen LogP contribution in [0.25, 0.3) is 0 Å². The molecule has 0 fully saturated rings. The van der Waals surface area contributed by atoms with Crippen LogP contribution in [0.2, 0.25) is 0 Å². The third-order valence-electron chi connectivity index (χ3n) is 4.15. The van der Waals surface area contributed by atoms with Crippen molar-refractivity contribution in [3.8, 4) is 0 Å². The quantitative estimate of drug-likeness (QED) is 0.743. The van der Waals surface area contributed by atoms with Crippen molar-refractivity contribution in [2.45, 2.75) is 51.0 Å². The predicted octanol–water partition coefficient (Wildman–Crippen LogP) is 2.90. The lowest BCUT2D eigenvalue weighted by Crippen LogP contribution is -2.19. The molecule has 0 heterocycles. The maximum atomic E-state index is 5.83. The van der Waals surface area contributed by atoms with Crippen molar-refractivity contribution in [1.29, 1.82) is 0 Å². The van der Waals surface area contributed by atoms with E-state index in [1.165, 1.54) is 44.1 Å². The van der Waals surface area contributed by atoms with Crippen LogP contribution in [0, 0.1) is 0 Å². The van der Waals surface area contributed by atoms with Crippen LogP contribution >= 0.6 is 0 Å². The Kier molecular flexibility index (Phi) is 2.28. The van der Waals surface area contributed by atoms with Crippen molar-refractivity contribution in [3.05, 3.63) is 34.4 Å². The summed E-state index contributed by atoms with van der Waals surface area (Å²) in [5.74, 6) is 0.865. The van der Waals surface area contributed by atoms with Gasteiger partial charge in [0, 0.05) is 6.54 Å². The molecule has 0 saturated heterocycles. The average molecular weight is 201 g/mol. The van der Waals surface area contributed by atoms with E-state index in [1.54, 1.807) is 16.7 Å². The van der Waals surface area contributed by atoms with Gasteiger partial charge in [-0.2, -0.15) is 0 Å². The minimum atomic E-state index is 0.718. The van der Waals surface area contributed by atoms with Crippen molar-refractivity contribution < 1.29 is 0 Å². The van der Waals surface area contributed by atoms with Crippen LogP contribution in [0.4, 0.5) is 0 Å². The molecule has 0 aliphatic heterocycles. The van der Waals surface area contributed by atoms with Gasteiger partial charge in [0.15, 0.2) is 0 Å². The lowest BCUT2D eigenvalue weighted by molar-refractivity contribution is 0.474. The van der Waals surface area contributed by atoms with Gasteiger partial charge in [-0.25, -0.2) is 0 Å². The van der Waals surface area contributed by atoms with Crippen molar-refractivity contribution in [3.63, 3.8) is 0 Å². The van der Waals surface area contributed by atoms with Crippen LogP contribution in [0.5, 0.6) is 0 Å². The predicted molar refractivity (Wildman–Crippen MR) is 63.0 cm³/mol. The first-order valence-electron chi connectivity index (χ1n) is 6.23. The van der Waals surface area contributed by atoms with Crippen LogP contribution in [0.15, 0.2) is 12.1 Å². The van der Waals surface area contributed by atoms with E-state index in [9.17, 15) is 0 Å². The van der Waals surface area contributed by atoms with E-state index >= 15 is 0 Å². The number of nitrogens with two attached hydrogens (primary N) is 1. The van der Waals surface area contributed by atoms with E-state index in [2.05, 4.69) is 12.1 Å². The van der Waals surface area contributed by atoms with Gasteiger partial charge in [-0.1, -0.05) is 12.1 Å². The summed E-state index contributed by atoms with van der Waals surface area (Å²) < 4.78 is 0. The Balaban J connectivity index is 2.18. The van der Waals surface area contributed by atoms with Gasteiger partial charge in [0.25, 0.3) is 0 Å². The van der Waals surface area contributed by atoms with Gasteiger partial charge in [0.05, 0.1) is 0 Å². The molecule has 2 N–H and O–H groups in total. The van der Waals surface area contributed by atoms with Gasteiger partial charge in [0.2, 0.25) is 0 Å². The summed E-state index contributed by atoms with van der Waals surface area (Å²) in [5, 5.41) is 0. The molecule has 0 amide bonds. The van der Waals surface area contributed by atoms with Gasteiger partial charge < -0.3 is 5.73 Å². The van der Waals surface area contributed by atoms with E-state index in [1.807, 2.05) is 0 Å². The van der Waals surface area contributed by atoms with E-state index < -0.39 is 0 Å². The standard InChI is InChI=1S/C14H19N/c15-9-12-8-7-11-4-1-3-10-5-2-6-13(12)14(10)11/h7-8,10H,1-6,9,15H2. The van der Waals surface area contributed by atoms with Crippen LogP contribution in [0.1, 0.15) is 53.9 Å². The minimum absolute atomic E-state index is 0.718. The number of rotatable bonds is 1. The van der Waals surface area contributed by atoms with Crippen molar-refractivity contribution >= 4 is 0 Å². The second kappa shape index (κ2) is 3.64. The third-order valence-corrected chi connectivity index (χ3v) is 4.15. The Labute approximate surface area is 91.7 Å². The third kappa shape index (κ3) is 1.41. The Morgan fingerprint density at radius 1 is 1.13 bits per heavy atom. The van der Waals surface area contributed by atoms with Crippen molar-refractivity contribution in [2.24, 2.45) is 5.73 Å². The highest BCUT2D eigenvalue weighted by Crippen LogP contribution is 2.42. The molecule has 3 rings (SSSR count). The molecule has 0 bridgehead atoms. The summed E-state index contributed by atoms with van der Waals surface area (Å²) in [5.41, 5.74) is 12.2. The fourth-order valence-electron chi connectivity index (χ4n) is 3.47. The summed E-state index contributed by atoms with van der Waals surface area (Å²) in [4.78, 5) is 0. The summed E-state index contributed by atoms with van der Waals surface area (Å²) in [6.07, 6.45) is 8.14. The molecule has 1 nitrogen and oxygen atoms in total. The SMILES string of the molecule is NCc1ccc2c3c1CCCC3CCC2. The zero-order valence-corrected chi connectivity index (χ0v) is 9.26. The van der Waals surface area contributed by atoms with E-state index in [0.717, 1.165) is 12.5 Å². The van der Waals surface area contributed by atoms with Crippen LogP contribution in [-0.2, 0) is 19.4 Å². The maximum Gasteiger partial charge on any atom is 0.0180 e. The molecule has 2 aliphatic rings. The lowest BCUT2D eigenvalue weighted by atomic mass is 9.72. The largest absolute Gasteiger partial charge is 0.326 e. The maximum absolute atomic E-state index is 5.83. The second-order valence-corrected chi connectivity index (χ2v) is 4.96. The highest BCUT2D eigenvalue weighted by Gasteiger charge is 2.27. The van der Waals surface area contributed by atoms with Crippen molar-refractivity contribution in [1.82, 2.24) is 0 Å². The van der Waals surface area contributed by atoms with E-state index in [0.29, 0.717) is 0 Å². The van der Waals surface area contributed by atoms with E-state index in [4.69, 9.17) is 5.73 Å². The normalized spacial score (nSPS) is 23.7. The zero-order valence-electron chi connectivity index (χ0n) is 9.26. The first-order chi connectivity index (χ1) is 7.40. The molecule has 2 aliphatic carbocycles. The zero-order chi connectivity index (χ0) is 10.3. The molecule has 1 heteroatoms. The second-order valence-electron chi connectivity index (χ2n) is 4.96. The number of hydrogen-bond acceptors (Lipinski definition) is 1.